The third-order valence-corrected chi connectivity index (χ3v) is 3.07. The molecule has 0 fully saturated rings. The van der Waals surface area contributed by atoms with E-state index < -0.39 is 0 Å². The number of imidazole rings is 1. The molecule has 1 aromatic carbocycles. The first-order valence-electron chi connectivity index (χ1n) is 6.29. The van der Waals surface area contributed by atoms with Gasteiger partial charge in [0.05, 0.1) is 0 Å². The Labute approximate surface area is 118 Å². The monoisotopic (exact) mass is 279 g/mol. The van der Waals surface area contributed by atoms with Gasteiger partial charge in [0.1, 0.15) is 24.2 Å². The minimum atomic E-state index is 0.0592. The highest BCUT2D eigenvalue weighted by atomic mass is 35.5. The molecule has 19 heavy (non-hydrogen) atoms. The van der Waals surface area contributed by atoms with Crippen molar-refractivity contribution in [3.8, 4) is 5.75 Å². The summed E-state index contributed by atoms with van der Waals surface area (Å²) >= 11 is 5.93. The first-order chi connectivity index (χ1) is 9.20. The summed E-state index contributed by atoms with van der Waals surface area (Å²) in [6, 6.07) is 7.47. The Morgan fingerprint density at radius 3 is 2.95 bits per heavy atom. The van der Waals surface area contributed by atoms with Gasteiger partial charge in [-0.1, -0.05) is 24.6 Å². The lowest BCUT2D eigenvalue weighted by Crippen LogP contribution is -2.29. The number of ether oxygens (including phenoxy) is 1. The molecule has 2 rings (SSSR count). The van der Waals surface area contributed by atoms with Crippen molar-refractivity contribution in [2.45, 2.75) is 13.0 Å². The Morgan fingerprint density at radius 2 is 2.32 bits per heavy atom. The van der Waals surface area contributed by atoms with Crippen LogP contribution in [-0.2, 0) is 7.05 Å². The molecule has 2 aromatic rings. The third kappa shape index (κ3) is 3.72. The zero-order valence-electron chi connectivity index (χ0n) is 11.1. The SMILES string of the molecule is CCNC(COc1cccc(Cl)c1)c1nccn1C. The summed E-state index contributed by atoms with van der Waals surface area (Å²) in [6.45, 7) is 3.44. The van der Waals surface area contributed by atoms with Crippen molar-refractivity contribution in [2.75, 3.05) is 13.2 Å². The molecule has 1 N–H and O–H groups in total. The van der Waals surface area contributed by atoms with Crippen molar-refractivity contribution < 1.29 is 4.74 Å². The fraction of sp³-hybridized carbons (Fsp3) is 0.357. The van der Waals surface area contributed by atoms with Gasteiger partial charge in [-0.25, -0.2) is 4.98 Å². The number of benzene rings is 1. The second-order valence-corrected chi connectivity index (χ2v) is 4.71. The second kappa shape index (κ2) is 6.59. The van der Waals surface area contributed by atoms with Crippen LogP contribution >= 0.6 is 11.6 Å². The van der Waals surface area contributed by atoms with Crippen molar-refractivity contribution >= 4 is 11.6 Å². The van der Waals surface area contributed by atoms with Crippen LogP contribution in [0.5, 0.6) is 5.75 Å². The van der Waals surface area contributed by atoms with E-state index in [4.69, 9.17) is 16.3 Å². The molecule has 4 nitrogen and oxygen atoms in total. The van der Waals surface area contributed by atoms with E-state index in [2.05, 4.69) is 17.2 Å². The average molecular weight is 280 g/mol. The predicted octanol–water partition coefficient (Wildman–Crippen LogP) is 2.80. The Morgan fingerprint density at radius 1 is 1.47 bits per heavy atom. The number of likely N-dealkylation sites (N-methyl/N-ethyl adjacent to an activating group) is 1. The van der Waals surface area contributed by atoms with Crippen LogP contribution in [0.25, 0.3) is 0 Å². The second-order valence-electron chi connectivity index (χ2n) is 4.27. The van der Waals surface area contributed by atoms with E-state index in [-0.39, 0.29) is 6.04 Å². The average Bonchev–Trinajstić information content (AvgIpc) is 2.81. The maximum atomic E-state index is 5.93. The van der Waals surface area contributed by atoms with Crippen LogP contribution < -0.4 is 10.1 Å². The fourth-order valence-corrected chi connectivity index (χ4v) is 2.10. The van der Waals surface area contributed by atoms with Gasteiger partial charge in [-0.05, 0) is 24.7 Å². The summed E-state index contributed by atoms with van der Waals surface area (Å²) in [7, 11) is 1.98. The number of hydrogen-bond donors (Lipinski definition) is 1. The number of rotatable bonds is 6. The summed E-state index contributed by atoms with van der Waals surface area (Å²) in [5.41, 5.74) is 0. The van der Waals surface area contributed by atoms with Crippen molar-refractivity contribution in [3.05, 3.63) is 47.5 Å². The highest BCUT2D eigenvalue weighted by molar-refractivity contribution is 6.30. The maximum absolute atomic E-state index is 5.93. The lowest BCUT2D eigenvalue weighted by Gasteiger charge is -2.18. The Kier molecular flexibility index (Phi) is 4.82. The number of halogens is 1. The summed E-state index contributed by atoms with van der Waals surface area (Å²) in [6.07, 6.45) is 3.72. The Balaban J connectivity index is 2.04. The summed E-state index contributed by atoms with van der Waals surface area (Å²) in [5, 5.41) is 4.04. The van der Waals surface area contributed by atoms with Gasteiger partial charge >= 0.3 is 0 Å². The molecule has 0 aliphatic heterocycles. The Bertz CT molecular complexity index is 527. The van der Waals surface area contributed by atoms with Crippen molar-refractivity contribution in [1.82, 2.24) is 14.9 Å². The number of aryl methyl sites for hydroxylation is 1. The number of aromatic nitrogens is 2. The largest absolute Gasteiger partial charge is 0.491 e. The van der Waals surface area contributed by atoms with Crippen LogP contribution in [0.3, 0.4) is 0 Å². The zero-order chi connectivity index (χ0) is 13.7. The van der Waals surface area contributed by atoms with Crippen molar-refractivity contribution in [2.24, 2.45) is 7.05 Å². The molecule has 0 bridgehead atoms. The first kappa shape index (κ1) is 13.9. The van der Waals surface area contributed by atoms with E-state index in [1.54, 1.807) is 6.20 Å². The standard InChI is InChI=1S/C14H18ClN3O/c1-3-16-13(14-17-7-8-18(14)2)10-19-12-6-4-5-11(15)9-12/h4-9,13,16H,3,10H2,1-2H3. The molecule has 1 unspecified atom stereocenters. The summed E-state index contributed by atoms with van der Waals surface area (Å²) in [5.74, 6) is 1.73. The van der Waals surface area contributed by atoms with Gasteiger partial charge in [0.2, 0.25) is 0 Å². The van der Waals surface area contributed by atoms with Crippen LogP contribution in [0, 0.1) is 0 Å². The molecular weight excluding hydrogens is 262 g/mol. The van der Waals surface area contributed by atoms with Crippen molar-refractivity contribution in [1.29, 1.82) is 0 Å². The number of nitrogens with zero attached hydrogens (tertiary/aromatic N) is 2. The highest BCUT2D eigenvalue weighted by Crippen LogP contribution is 2.19. The van der Waals surface area contributed by atoms with E-state index in [1.165, 1.54) is 0 Å². The van der Waals surface area contributed by atoms with E-state index in [0.717, 1.165) is 18.1 Å². The molecule has 1 heterocycles. The first-order valence-corrected chi connectivity index (χ1v) is 6.67. The topological polar surface area (TPSA) is 39.1 Å². The third-order valence-electron chi connectivity index (χ3n) is 2.83. The lowest BCUT2D eigenvalue weighted by molar-refractivity contribution is 0.260. The van der Waals surface area contributed by atoms with Gasteiger partial charge in [-0.15, -0.1) is 0 Å². The molecule has 0 spiro atoms. The number of hydrogen-bond acceptors (Lipinski definition) is 3. The minimum absolute atomic E-state index is 0.0592. The smallest absolute Gasteiger partial charge is 0.129 e. The maximum Gasteiger partial charge on any atom is 0.129 e. The van der Waals surface area contributed by atoms with Crippen LogP contribution in [0.2, 0.25) is 5.02 Å². The molecule has 0 aliphatic carbocycles. The van der Waals surface area contributed by atoms with Crippen LogP contribution in [0.1, 0.15) is 18.8 Å². The summed E-state index contributed by atoms with van der Waals surface area (Å²) in [4.78, 5) is 4.36. The van der Waals surface area contributed by atoms with Gasteiger partial charge < -0.3 is 14.6 Å². The highest BCUT2D eigenvalue weighted by Gasteiger charge is 2.15. The minimum Gasteiger partial charge on any atom is -0.491 e. The molecule has 0 aliphatic rings. The normalized spacial score (nSPS) is 12.4. The molecule has 0 saturated carbocycles. The lowest BCUT2D eigenvalue weighted by atomic mass is 10.3. The fourth-order valence-electron chi connectivity index (χ4n) is 1.92. The molecule has 0 amide bonds. The summed E-state index contributed by atoms with van der Waals surface area (Å²) < 4.78 is 7.77. The van der Waals surface area contributed by atoms with Gasteiger partial charge in [-0.2, -0.15) is 0 Å². The molecule has 1 aromatic heterocycles. The molecule has 102 valence electrons. The van der Waals surface area contributed by atoms with Crippen LogP contribution in [-0.4, -0.2) is 22.7 Å². The van der Waals surface area contributed by atoms with E-state index in [1.807, 2.05) is 42.1 Å². The zero-order valence-corrected chi connectivity index (χ0v) is 11.9. The van der Waals surface area contributed by atoms with E-state index in [0.29, 0.717) is 11.6 Å². The predicted molar refractivity (Wildman–Crippen MR) is 76.6 cm³/mol. The van der Waals surface area contributed by atoms with Crippen molar-refractivity contribution in [3.63, 3.8) is 0 Å². The molecule has 5 heteroatoms. The molecule has 1 atom stereocenters. The van der Waals surface area contributed by atoms with Gasteiger partial charge in [-0.3, -0.25) is 0 Å². The van der Waals surface area contributed by atoms with Gasteiger partial charge in [0, 0.05) is 24.5 Å². The van der Waals surface area contributed by atoms with Crippen LogP contribution in [0.15, 0.2) is 36.7 Å². The van der Waals surface area contributed by atoms with E-state index in [9.17, 15) is 0 Å². The van der Waals surface area contributed by atoms with Crippen LogP contribution in [0.4, 0.5) is 0 Å². The van der Waals surface area contributed by atoms with Gasteiger partial charge in [0.25, 0.3) is 0 Å². The molecule has 0 radical (unpaired) electrons. The van der Waals surface area contributed by atoms with E-state index >= 15 is 0 Å². The molecule has 0 saturated heterocycles. The number of nitrogens with one attached hydrogen (secondary N) is 1. The van der Waals surface area contributed by atoms with Gasteiger partial charge in [0.15, 0.2) is 0 Å². The quantitative estimate of drug-likeness (QED) is 0.884. The Hall–Kier alpha value is -1.52. The molecular formula is C14H18ClN3O.